The molecule has 92 valence electrons. The van der Waals surface area contributed by atoms with Crippen molar-refractivity contribution in [3.05, 3.63) is 27.7 Å². The molecule has 2 amide bonds. The maximum absolute atomic E-state index is 11.3. The number of halogens is 2. The van der Waals surface area contributed by atoms with Crippen LogP contribution in [-0.4, -0.2) is 37.1 Å². The number of benzene rings is 1. The first-order valence-corrected chi connectivity index (χ1v) is 6.55. The molecule has 1 aromatic rings. The molecule has 0 aliphatic carbocycles. The van der Waals surface area contributed by atoms with Crippen LogP contribution < -0.4 is 10.6 Å². The number of hydrogen-bond acceptors (Lipinski definition) is 2. The number of nitrogens with zero attached hydrogens (tertiary/aromatic N) is 1. The molecule has 0 unspecified atom stereocenters. The van der Waals surface area contributed by atoms with Gasteiger partial charge in [-0.15, -0.1) is 0 Å². The van der Waals surface area contributed by atoms with E-state index in [1.807, 2.05) is 18.2 Å². The molecule has 1 aliphatic rings. The van der Waals surface area contributed by atoms with Crippen LogP contribution in [0.2, 0.25) is 5.02 Å². The summed E-state index contributed by atoms with van der Waals surface area (Å²) in [5.41, 5.74) is 0.987. The largest absolute Gasteiger partial charge is 0.383 e. The summed E-state index contributed by atoms with van der Waals surface area (Å²) in [5.74, 6) is 0. The molecule has 0 saturated carbocycles. The first-order valence-electron chi connectivity index (χ1n) is 5.38. The van der Waals surface area contributed by atoms with Gasteiger partial charge in [0.2, 0.25) is 0 Å². The second kappa shape index (κ2) is 5.60. The van der Waals surface area contributed by atoms with E-state index >= 15 is 0 Å². The predicted molar refractivity (Wildman–Crippen MR) is 72.6 cm³/mol. The summed E-state index contributed by atoms with van der Waals surface area (Å²) in [6.07, 6.45) is 0. The molecule has 1 aromatic carbocycles. The van der Waals surface area contributed by atoms with Gasteiger partial charge in [-0.3, -0.25) is 0 Å². The Labute approximate surface area is 113 Å². The summed E-state index contributed by atoms with van der Waals surface area (Å²) in [5, 5.41) is 6.71. The second-order valence-electron chi connectivity index (χ2n) is 3.77. The molecule has 4 nitrogen and oxygen atoms in total. The Morgan fingerprint density at radius 3 is 3.00 bits per heavy atom. The molecule has 1 saturated heterocycles. The van der Waals surface area contributed by atoms with Gasteiger partial charge in [0.1, 0.15) is 0 Å². The Balaban J connectivity index is 1.81. The van der Waals surface area contributed by atoms with Gasteiger partial charge in [0, 0.05) is 36.3 Å². The smallest absolute Gasteiger partial charge is 0.317 e. The van der Waals surface area contributed by atoms with Crippen LogP contribution in [0.3, 0.4) is 0 Å². The Morgan fingerprint density at radius 1 is 1.53 bits per heavy atom. The summed E-state index contributed by atoms with van der Waals surface area (Å²) in [4.78, 5) is 13.1. The van der Waals surface area contributed by atoms with Crippen LogP contribution in [0.4, 0.5) is 10.5 Å². The molecule has 0 aromatic heterocycles. The van der Waals surface area contributed by atoms with E-state index in [4.69, 9.17) is 11.6 Å². The van der Waals surface area contributed by atoms with Gasteiger partial charge in [-0.1, -0.05) is 11.6 Å². The van der Waals surface area contributed by atoms with Crippen molar-refractivity contribution in [1.82, 2.24) is 10.2 Å². The van der Waals surface area contributed by atoms with Crippen LogP contribution in [0.25, 0.3) is 0 Å². The van der Waals surface area contributed by atoms with Crippen LogP contribution in [-0.2, 0) is 0 Å². The summed E-state index contributed by atoms with van der Waals surface area (Å²) in [6, 6.07) is 5.68. The molecule has 6 heteroatoms. The summed E-state index contributed by atoms with van der Waals surface area (Å²) >= 11 is 9.27. The molecule has 17 heavy (non-hydrogen) atoms. The Hall–Kier alpha value is -0.940. The summed E-state index contributed by atoms with van der Waals surface area (Å²) in [7, 11) is 0. The summed E-state index contributed by atoms with van der Waals surface area (Å²) < 4.78 is 0.864. The van der Waals surface area contributed by atoms with E-state index in [2.05, 4.69) is 26.6 Å². The van der Waals surface area contributed by atoms with E-state index in [0.29, 0.717) is 11.6 Å². The SMILES string of the molecule is O=C1NCCN1CCNc1ccc(Cl)c(Br)c1. The molecule has 0 atom stereocenters. The number of carbonyl (C=O) groups is 1. The zero-order valence-corrected chi connectivity index (χ0v) is 11.5. The van der Waals surface area contributed by atoms with Crippen molar-refractivity contribution >= 4 is 39.2 Å². The summed E-state index contributed by atoms with van der Waals surface area (Å²) in [6.45, 7) is 2.95. The van der Waals surface area contributed by atoms with Gasteiger partial charge in [0.05, 0.1) is 5.02 Å². The number of nitrogens with one attached hydrogen (secondary N) is 2. The quantitative estimate of drug-likeness (QED) is 0.896. The Bertz CT molecular complexity index is 427. The van der Waals surface area contributed by atoms with Crippen LogP contribution in [0.1, 0.15) is 0 Å². The molecule has 0 radical (unpaired) electrons. The average molecular weight is 319 g/mol. The van der Waals surface area contributed by atoms with Gasteiger partial charge in [0.15, 0.2) is 0 Å². The molecule has 2 rings (SSSR count). The topological polar surface area (TPSA) is 44.4 Å². The standard InChI is InChI=1S/C11H13BrClN3O/c12-9-7-8(1-2-10(9)13)14-3-5-16-6-4-15-11(16)17/h1-2,7,14H,3-6H2,(H,15,17). The van der Waals surface area contributed by atoms with Crippen LogP contribution >= 0.6 is 27.5 Å². The minimum atomic E-state index is 0.0177. The van der Waals surface area contributed by atoms with Gasteiger partial charge < -0.3 is 15.5 Å². The van der Waals surface area contributed by atoms with E-state index in [1.165, 1.54) is 0 Å². The van der Waals surface area contributed by atoms with Crippen molar-refractivity contribution in [3.8, 4) is 0 Å². The fourth-order valence-electron chi connectivity index (χ4n) is 1.67. The first-order chi connectivity index (χ1) is 8.16. The second-order valence-corrected chi connectivity index (χ2v) is 5.04. The predicted octanol–water partition coefficient (Wildman–Crippen LogP) is 2.54. The molecule has 0 bridgehead atoms. The van der Waals surface area contributed by atoms with Gasteiger partial charge >= 0.3 is 6.03 Å². The number of hydrogen-bond donors (Lipinski definition) is 2. The highest BCUT2D eigenvalue weighted by molar-refractivity contribution is 9.10. The highest BCUT2D eigenvalue weighted by Crippen LogP contribution is 2.25. The van der Waals surface area contributed by atoms with Gasteiger partial charge in [-0.25, -0.2) is 4.79 Å². The highest BCUT2D eigenvalue weighted by Gasteiger charge is 2.18. The van der Waals surface area contributed by atoms with E-state index in [9.17, 15) is 4.79 Å². The lowest BCUT2D eigenvalue weighted by atomic mass is 10.3. The fourth-order valence-corrected chi connectivity index (χ4v) is 2.16. The van der Waals surface area contributed by atoms with E-state index in [1.54, 1.807) is 4.90 Å². The Kier molecular flexibility index (Phi) is 4.12. The van der Waals surface area contributed by atoms with Crippen LogP contribution in [0, 0.1) is 0 Å². The number of carbonyl (C=O) groups excluding carboxylic acids is 1. The zero-order valence-electron chi connectivity index (χ0n) is 9.17. The molecule has 1 heterocycles. The van der Waals surface area contributed by atoms with E-state index in [-0.39, 0.29) is 6.03 Å². The number of amides is 2. The van der Waals surface area contributed by atoms with Crippen molar-refractivity contribution in [2.45, 2.75) is 0 Å². The van der Waals surface area contributed by atoms with E-state index in [0.717, 1.165) is 29.8 Å². The minimum absolute atomic E-state index is 0.0177. The zero-order chi connectivity index (χ0) is 12.3. The van der Waals surface area contributed by atoms with Crippen molar-refractivity contribution in [2.24, 2.45) is 0 Å². The molecule has 0 spiro atoms. The van der Waals surface area contributed by atoms with Crippen molar-refractivity contribution < 1.29 is 4.79 Å². The van der Waals surface area contributed by atoms with Crippen molar-refractivity contribution in [1.29, 1.82) is 0 Å². The van der Waals surface area contributed by atoms with Crippen LogP contribution in [0.5, 0.6) is 0 Å². The third-order valence-corrected chi connectivity index (χ3v) is 3.79. The maximum atomic E-state index is 11.3. The first kappa shape index (κ1) is 12.5. The number of rotatable bonds is 4. The van der Waals surface area contributed by atoms with Crippen molar-refractivity contribution in [3.63, 3.8) is 0 Å². The monoisotopic (exact) mass is 317 g/mol. The average Bonchev–Trinajstić information content (AvgIpc) is 2.70. The lowest BCUT2D eigenvalue weighted by Crippen LogP contribution is -2.32. The lowest BCUT2D eigenvalue weighted by molar-refractivity contribution is 0.219. The Morgan fingerprint density at radius 2 is 2.35 bits per heavy atom. The van der Waals surface area contributed by atoms with Crippen molar-refractivity contribution in [2.75, 3.05) is 31.5 Å². The van der Waals surface area contributed by atoms with Gasteiger partial charge in [-0.05, 0) is 34.1 Å². The third kappa shape index (κ3) is 3.26. The maximum Gasteiger partial charge on any atom is 0.317 e. The van der Waals surface area contributed by atoms with Crippen LogP contribution in [0.15, 0.2) is 22.7 Å². The van der Waals surface area contributed by atoms with E-state index < -0.39 is 0 Å². The number of urea groups is 1. The minimum Gasteiger partial charge on any atom is -0.383 e. The lowest BCUT2D eigenvalue weighted by Gasteiger charge is -2.15. The van der Waals surface area contributed by atoms with Gasteiger partial charge in [-0.2, -0.15) is 0 Å². The molecule has 1 fully saturated rings. The fraction of sp³-hybridized carbons (Fsp3) is 0.364. The normalized spacial score (nSPS) is 14.9. The molecule has 2 N–H and O–H groups in total. The van der Waals surface area contributed by atoms with Gasteiger partial charge in [0.25, 0.3) is 0 Å². The third-order valence-electron chi connectivity index (χ3n) is 2.58. The molecule has 1 aliphatic heterocycles. The molecular weight excluding hydrogens is 305 g/mol. The number of anilines is 1. The molecular formula is C11H13BrClN3O. The highest BCUT2D eigenvalue weighted by atomic mass is 79.9.